The van der Waals surface area contributed by atoms with Gasteiger partial charge in [-0.15, -0.1) is 0 Å². The fourth-order valence-electron chi connectivity index (χ4n) is 5.28. The van der Waals surface area contributed by atoms with Crippen LogP contribution >= 0.6 is 0 Å². The third-order valence-electron chi connectivity index (χ3n) is 7.93. The van der Waals surface area contributed by atoms with Crippen molar-refractivity contribution in [1.29, 1.82) is 5.26 Å². The van der Waals surface area contributed by atoms with Crippen LogP contribution in [0.25, 0.3) is 5.73 Å². The first-order valence-corrected chi connectivity index (χ1v) is 16.7. The van der Waals surface area contributed by atoms with Crippen molar-refractivity contribution in [1.82, 2.24) is 4.98 Å². The van der Waals surface area contributed by atoms with Gasteiger partial charge in [0.15, 0.2) is 11.6 Å². The third kappa shape index (κ3) is 13.7. The van der Waals surface area contributed by atoms with Crippen LogP contribution in [-0.4, -0.2) is 11.1 Å². The van der Waals surface area contributed by atoms with Crippen LogP contribution < -0.4 is 10.6 Å². The molecule has 0 aliphatic heterocycles. The Bertz CT molecular complexity index is 1330. The van der Waals surface area contributed by atoms with Gasteiger partial charge < -0.3 is 16.4 Å². The maximum absolute atomic E-state index is 10.1. The van der Waals surface area contributed by atoms with E-state index in [0.717, 1.165) is 24.2 Å². The van der Waals surface area contributed by atoms with Gasteiger partial charge in [-0.1, -0.05) is 109 Å². The molecular weight excluding hydrogens is 631 g/mol. The smallest absolute Gasteiger partial charge is 0.654 e. The van der Waals surface area contributed by atoms with Crippen molar-refractivity contribution in [2.45, 2.75) is 124 Å². The van der Waals surface area contributed by atoms with Gasteiger partial charge in [0.2, 0.25) is 0 Å². The molecule has 0 bridgehead atoms. The summed E-state index contributed by atoms with van der Waals surface area (Å²) in [6.45, 7) is 8.00. The number of nitriles is 1. The number of hydrogen-bond acceptors (Lipinski definition) is 6. The number of nitrogens with one attached hydrogen (secondary N) is 3. The van der Waals surface area contributed by atoms with Crippen molar-refractivity contribution in [2.75, 3.05) is 10.6 Å². The minimum Gasteiger partial charge on any atom is -0.654 e. The van der Waals surface area contributed by atoms with Crippen LogP contribution in [0.4, 0.5) is 28.7 Å². The van der Waals surface area contributed by atoms with E-state index in [1.54, 1.807) is 6.92 Å². The van der Waals surface area contributed by atoms with Gasteiger partial charge in [-0.2, -0.15) is 10.4 Å². The third-order valence-corrected chi connectivity index (χ3v) is 7.93. The zero-order valence-electron chi connectivity index (χ0n) is 28.0. The summed E-state index contributed by atoms with van der Waals surface area (Å²) in [7, 11) is 0. The molecule has 236 valence electrons. The van der Waals surface area contributed by atoms with Crippen molar-refractivity contribution >= 4 is 28.7 Å². The average molecular weight is 684 g/mol. The van der Waals surface area contributed by atoms with Gasteiger partial charge in [0, 0.05) is 16.9 Å². The molecule has 0 fully saturated rings. The van der Waals surface area contributed by atoms with Crippen LogP contribution in [0, 0.1) is 18.3 Å². The first-order valence-electron chi connectivity index (χ1n) is 16.7. The first-order chi connectivity index (χ1) is 21.4. The molecule has 0 aliphatic rings. The standard InChI is InChI=1S/C37H52N7.Y/c1-5-7-9-11-13-15-17-30-19-23-32(24-20-30)40-36-34(27-38)28(3)35(44-43-29(4)39)37(42-36)41-33-25-21-31(22-26-33)18-16-14-12-10-8-6-2;/h19-26,29,39H,5-18H2,1-4H3,(H2,40,41,42);/q-1;+3. The summed E-state index contributed by atoms with van der Waals surface area (Å²) in [5, 5.41) is 25.3. The summed E-state index contributed by atoms with van der Waals surface area (Å²) in [5.41, 5.74) is 13.8. The van der Waals surface area contributed by atoms with Gasteiger partial charge in [0.1, 0.15) is 11.8 Å². The number of aromatic nitrogens is 1. The van der Waals surface area contributed by atoms with Crippen LogP contribution in [0.1, 0.15) is 120 Å². The van der Waals surface area contributed by atoms with Crippen molar-refractivity contribution < 1.29 is 32.7 Å². The van der Waals surface area contributed by atoms with Crippen molar-refractivity contribution in [3.63, 3.8) is 0 Å². The quantitative estimate of drug-likeness (QED) is 0.0912. The molecule has 1 heterocycles. The van der Waals surface area contributed by atoms with Crippen LogP contribution in [0.3, 0.4) is 0 Å². The van der Waals surface area contributed by atoms with E-state index < -0.39 is 6.17 Å². The normalized spacial score (nSPS) is 11.6. The zero-order valence-corrected chi connectivity index (χ0v) is 30.8. The molecule has 3 rings (SSSR count). The predicted octanol–water partition coefficient (Wildman–Crippen LogP) is 12.0. The molecule has 1 unspecified atom stereocenters. The maximum Gasteiger partial charge on any atom is 3.00 e. The molecule has 0 aliphatic carbocycles. The van der Waals surface area contributed by atoms with Crippen molar-refractivity contribution in [3.8, 4) is 6.07 Å². The van der Waals surface area contributed by atoms with Crippen LogP contribution in [0.5, 0.6) is 0 Å². The average Bonchev–Trinajstić information content (AvgIpc) is 3.02. The topological polar surface area (TPSA) is 109 Å². The molecule has 0 spiro atoms. The Morgan fingerprint density at radius 1 is 0.733 bits per heavy atom. The van der Waals surface area contributed by atoms with Crippen molar-refractivity contribution in [2.24, 2.45) is 10.2 Å². The summed E-state index contributed by atoms with van der Waals surface area (Å²) in [4.78, 5) is 4.83. The van der Waals surface area contributed by atoms with E-state index in [4.69, 9.17) is 10.7 Å². The number of aryl methyl sites for hydroxylation is 2. The second-order valence-electron chi connectivity index (χ2n) is 11.8. The molecule has 7 nitrogen and oxygen atoms in total. The van der Waals surface area contributed by atoms with E-state index in [-0.39, 0.29) is 32.7 Å². The molecule has 8 heteroatoms. The van der Waals surface area contributed by atoms with Crippen LogP contribution in [-0.2, 0) is 45.6 Å². The number of nitrogens with zero attached hydrogens (tertiary/aromatic N) is 4. The van der Waals surface area contributed by atoms with Gasteiger partial charge in [0.25, 0.3) is 0 Å². The van der Waals surface area contributed by atoms with E-state index >= 15 is 0 Å². The van der Waals surface area contributed by atoms with Gasteiger partial charge in [-0.25, -0.2) is 10.1 Å². The Morgan fingerprint density at radius 2 is 1.18 bits per heavy atom. The van der Waals surface area contributed by atoms with E-state index in [2.05, 4.69) is 89.3 Å². The van der Waals surface area contributed by atoms with Crippen LogP contribution in [0.2, 0.25) is 0 Å². The second kappa shape index (κ2) is 22.0. The molecule has 0 amide bonds. The number of pyridine rings is 1. The number of hydrogen-bond donors (Lipinski definition) is 2. The molecule has 0 radical (unpaired) electrons. The summed E-state index contributed by atoms with van der Waals surface area (Å²) >= 11 is 0. The fourth-order valence-corrected chi connectivity index (χ4v) is 5.28. The number of unbranched alkanes of at least 4 members (excludes halogenated alkanes) is 10. The molecule has 0 saturated carbocycles. The largest absolute Gasteiger partial charge is 3.00 e. The number of rotatable bonds is 20. The Balaban J connectivity index is 0.00000705. The molecule has 1 atom stereocenters. The fraction of sp³-hybridized carbons (Fsp3) is 0.514. The second-order valence-corrected chi connectivity index (χ2v) is 11.8. The van der Waals surface area contributed by atoms with E-state index in [1.165, 1.54) is 88.2 Å². The maximum atomic E-state index is 10.1. The first kappa shape index (κ1) is 38.5. The molecule has 1 aromatic heterocycles. The molecule has 45 heavy (non-hydrogen) atoms. The summed E-state index contributed by atoms with van der Waals surface area (Å²) in [6, 6.07) is 19.1. The SMILES string of the molecule is CCCCCCCCc1ccc(Nc2nc(Nc3ccc(CCCCCCCC)cc3)c(N=NC(C)[NH-])c(C)c2C#N)cc1.[Y+3]. The molecule has 2 aromatic carbocycles. The van der Waals surface area contributed by atoms with Gasteiger partial charge in [-0.05, 0) is 74.2 Å². The Kier molecular flexibility index (Phi) is 18.8. The molecule has 3 aromatic rings. The molecule has 0 saturated heterocycles. The minimum atomic E-state index is -0.721. The minimum absolute atomic E-state index is 0. The number of azo groups is 1. The molecular formula is C37H52N7Y+2. The van der Waals surface area contributed by atoms with Crippen molar-refractivity contribution in [3.05, 3.63) is 76.5 Å². The molecule has 3 N–H and O–H groups in total. The monoisotopic (exact) mass is 683 g/mol. The van der Waals surface area contributed by atoms with Gasteiger partial charge >= 0.3 is 32.7 Å². The van der Waals surface area contributed by atoms with Crippen LogP contribution in [0.15, 0.2) is 58.8 Å². The van der Waals surface area contributed by atoms with Gasteiger partial charge in [0.05, 0.1) is 5.56 Å². The predicted molar refractivity (Wildman–Crippen MR) is 186 cm³/mol. The summed E-state index contributed by atoms with van der Waals surface area (Å²) in [5.74, 6) is 0.963. The van der Waals surface area contributed by atoms with E-state index in [9.17, 15) is 5.26 Å². The van der Waals surface area contributed by atoms with E-state index in [0.29, 0.717) is 28.5 Å². The zero-order chi connectivity index (χ0) is 31.6. The number of anilines is 4. The Morgan fingerprint density at radius 3 is 1.62 bits per heavy atom. The summed E-state index contributed by atoms with van der Waals surface area (Å²) in [6.07, 6.45) is 16.9. The Hall–Kier alpha value is -2.66. The summed E-state index contributed by atoms with van der Waals surface area (Å²) < 4.78 is 0. The number of benzene rings is 2. The van der Waals surface area contributed by atoms with Gasteiger partial charge in [-0.3, -0.25) is 0 Å². The van der Waals surface area contributed by atoms with E-state index in [1.807, 2.05) is 6.92 Å². The Labute approximate surface area is 297 Å².